The Balaban J connectivity index is 1.97. The predicted octanol–water partition coefficient (Wildman–Crippen LogP) is 4.92. The summed E-state index contributed by atoms with van der Waals surface area (Å²) in [6.45, 7) is 6.77. The molecular weight excluding hydrogens is 301 g/mol. The molecule has 1 aliphatic heterocycles. The van der Waals surface area contributed by atoms with Crippen LogP contribution in [0.3, 0.4) is 0 Å². The second kappa shape index (κ2) is 5.95. The number of hydrogen-bond donors (Lipinski definition) is 0. The first-order chi connectivity index (χ1) is 10.1. The van der Waals surface area contributed by atoms with Crippen LogP contribution >= 0.6 is 23.2 Å². The van der Waals surface area contributed by atoms with Gasteiger partial charge in [-0.15, -0.1) is 0 Å². The zero-order valence-corrected chi connectivity index (χ0v) is 14.3. The van der Waals surface area contributed by atoms with Crippen LogP contribution in [0, 0.1) is 5.92 Å². The van der Waals surface area contributed by atoms with Gasteiger partial charge in [0.2, 0.25) is 0 Å². The summed E-state index contributed by atoms with van der Waals surface area (Å²) < 4.78 is 0.381. The van der Waals surface area contributed by atoms with Gasteiger partial charge in [0.1, 0.15) is 4.49 Å². The molecule has 3 heteroatoms. The van der Waals surface area contributed by atoms with Gasteiger partial charge in [0, 0.05) is 18.0 Å². The average Bonchev–Trinajstić information content (AvgIpc) is 2.47. The number of rotatable bonds is 3. The van der Waals surface area contributed by atoms with E-state index in [1.54, 1.807) is 5.56 Å². The molecule has 1 fully saturated rings. The fraction of sp³-hybridized carbons (Fsp3) is 0.556. The molecule has 1 heterocycles. The third-order valence-corrected chi connectivity index (χ3v) is 6.17. The molecule has 3 rings (SSSR count). The van der Waals surface area contributed by atoms with Gasteiger partial charge in [-0.1, -0.05) is 61.3 Å². The number of hydrogen-bond acceptors (Lipinski definition) is 1. The molecule has 21 heavy (non-hydrogen) atoms. The van der Waals surface area contributed by atoms with Crippen LogP contribution in [0.2, 0.25) is 0 Å². The van der Waals surface area contributed by atoms with E-state index in [1.807, 2.05) is 6.08 Å². The van der Waals surface area contributed by atoms with Crippen molar-refractivity contribution in [3.05, 3.63) is 46.0 Å². The summed E-state index contributed by atoms with van der Waals surface area (Å²) in [5, 5.41) is 0. The van der Waals surface area contributed by atoms with Crippen molar-refractivity contribution >= 4 is 23.2 Å². The van der Waals surface area contributed by atoms with E-state index in [1.165, 1.54) is 18.4 Å². The highest BCUT2D eigenvalue weighted by Crippen LogP contribution is 2.50. The Morgan fingerprint density at radius 1 is 1.38 bits per heavy atom. The molecular formula is C18H23Cl2N. The lowest BCUT2D eigenvalue weighted by Crippen LogP contribution is -2.58. The Labute approximate surface area is 137 Å². The van der Waals surface area contributed by atoms with Crippen molar-refractivity contribution in [3.63, 3.8) is 0 Å². The first-order valence-electron chi connectivity index (χ1n) is 7.92. The summed E-state index contributed by atoms with van der Waals surface area (Å²) in [6, 6.07) is 9.64. The number of halogens is 2. The molecule has 0 saturated carbocycles. The summed E-state index contributed by atoms with van der Waals surface area (Å²) in [6.07, 6.45) is 5.52. The van der Waals surface area contributed by atoms with E-state index in [2.05, 4.69) is 43.0 Å². The molecule has 2 bridgehead atoms. The van der Waals surface area contributed by atoms with Gasteiger partial charge >= 0.3 is 0 Å². The molecule has 0 unspecified atom stereocenters. The van der Waals surface area contributed by atoms with Gasteiger partial charge in [0.05, 0.1) is 0 Å². The highest BCUT2D eigenvalue weighted by atomic mass is 35.5. The lowest BCUT2D eigenvalue weighted by Gasteiger charge is -2.56. The normalized spacial score (nSPS) is 31.6. The van der Waals surface area contributed by atoms with Crippen LogP contribution in [-0.2, 0) is 11.8 Å². The van der Waals surface area contributed by atoms with E-state index in [-0.39, 0.29) is 0 Å². The van der Waals surface area contributed by atoms with E-state index in [9.17, 15) is 0 Å². The fourth-order valence-electron chi connectivity index (χ4n) is 4.62. The average molecular weight is 324 g/mol. The molecule has 0 spiro atoms. The van der Waals surface area contributed by atoms with Gasteiger partial charge in [0.25, 0.3) is 0 Å². The Hall–Kier alpha value is -0.500. The molecule has 2 aliphatic rings. The molecule has 0 N–H and O–H groups in total. The monoisotopic (exact) mass is 323 g/mol. The zero-order chi connectivity index (χ0) is 15.0. The molecule has 1 aromatic carbocycles. The minimum atomic E-state index is 0.352. The number of nitrogens with zero attached hydrogens (tertiary/aromatic N) is 1. The summed E-state index contributed by atoms with van der Waals surface area (Å²) in [4.78, 5) is 2.55. The molecule has 1 saturated heterocycles. The van der Waals surface area contributed by atoms with E-state index in [0.29, 0.717) is 21.9 Å². The SMILES string of the molecule is CC[C@]12CCN(CC=C(Cl)Cl)[C@H](Cc3ccccc31)[C@H]2C. The van der Waals surface area contributed by atoms with Gasteiger partial charge in [0.15, 0.2) is 0 Å². The molecule has 1 nitrogen and oxygen atoms in total. The zero-order valence-electron chi connectivity index (χ0n) is 12.8. The number of benzene rings is 1. The van der Waals surface area contributed by atoms with Crippen molar-refractivity contribution in [2.24, 2.45) is 5.92 Å². The molecule has 0 aromatic heterocycles. The van der Waals surface area contributed by atoms with E-state index in [4.69, 9.17) is 23.2 Å². The first kappa shape index (κ1) is 15.4. The fourth-order valence-corrected chi connectivity index (χ4v) is 4.76. The van der Waals surface area contributed by atoms with Crippen molar-refractivity contribution in [3.8, 4) is 0 Å². The minimum Gasteiger partial charge on any atom is -0.296 e. The maximum Gasteiger partial charge on any atom is 0.104 e. The third kappa shape index (κ3) is 2.54. The largest absolute Gasteiger partial charge is 0.296 e. The van der Waals surface area contributed by atoms with Gasteiger partial charge in [-0.2, -0.15) is 0 Å². The third-order valence-electron chi connectivity index (χ3n) is 5.86. The van der Waals surface area contributed by atoms with Crippen LogP contribution in [0.1, 0.15) is 37.8 Å². The minimum absolute atomic E-state index is 0.352. The molecule has 0 amide bonds. The van der Waals surface area contributed by atoms with Crippen molar-refractivity contribution in [2.75, 3.05) is 13.1 Å². The maximum atomic E-state index is 5.80. The second-order valence-electron chi connectivity index (χ2n) is 6.47. The van der Waals surface area contributed by atoms with Gasteiger partial charge < -0.3 is 0 Å². The Bertz CT molecular complexity index is 550. The number of piperidine rings is 1. The molecule has 114 valence electrons. The Morgan fingerprint density at radius 3 is 2.86 bits per heavy atom. The van der Waals surface area contributed by atoms with Gasteiger partial charge in [-0.25, -0.2) is 0 Å². The number of fused-ring (bicyclic) bond motifs is 4. The summed E-state index contributed by atoms with van der Waals surface area (Å²) in [7, 11) is 0. The van der Waals surface area contributed by atoms with Crippen molar-refractivity contribution < 1.29 is 0 Å². The second-order valence-corrected chi connectivity index (χ2v) is 7.47. The summed E-state index contributed by atoms with van der Waals surface area (Å²) in [5.41, 5.74) is 3.49. The standard InChI is InChI=1S/C18H23Cl2N/c1-3-18-9-11-21(10-8-17(19)20)16(13(18)2)12-14-6-4-5-7-15(14)18/h4-8,13,16H,3,9-12H2,1-2H3/t13-,16-,18-/m1/s1. The van der Waals surface area contributed by atoms with Crippen LogP contribution in [-0.4, -0.2) is 24.0 Å². The lowest BCUT2D eigenvalue weighted by atomic mass is 9.57. The molecule has 1 aliphatic carbocycles. The van der Waals surface area contributed by atoms with Gasteiger partial charge in [-0.05, 0) is 48.9 Å². The molecule has 0 radical (unpaired) electrons. The summed E-state index contributed by atoms with van der Waals surface area (Å²) >= 11 is 11.6. The molecule has 1 aromatic rings. The van der Waals surface area contributed by atoms with Crippen molar-refractivity contribution in [1.82, 2.24) is 4.90 Å². The maximum absolute atomic E-state index is 5.80. The number of likely N-dealkylation sites (tertiary alicyclic amines) is 1. The van der Waals surface area contributed by atoms with Gasteiger partial charge in [-0.3, -0.25) is 4.90 Å². The van der Waals surface area contributed by atoms with Crippen LogP contribution in [0.4, 0.5) is 0 Å². The van der Waals surface area contributed by atoms with Crippen LogP contribution in [0.5, 0.6) is 0 Å². The van der Waals surface area contributed by atoms with Crippen LogP contribution < -0.4 is 0 Å². The van der Waals surface area contributed by atoms with Crippen molar-refractivity contribution in [2.45, 2.75) is 44.6 Å². The van der Waals surface area contributed by atoms with E-state index in [0.717, 1.165) is 19.5 Å². The summed E-state index contributed by atoms with van der Waals surface area (Å²) in [5.74, 6) is 0.675. The first-order valence-corrected chi connectivity index (χ1v) is 8.67. The van der Waals surface area contributed by atoms with E-state index >= 15 is 0 Å². The lowest BCUT2D eigenvalue weighted by molar-refractivity contribution is 0.0286. The van der Waals surface area contributed by atoms with Crippen LogP contribution in [0.15, 0.2) is 34.8 Å². The quantitative estimate of drug-likeness (QED) is 0.763. The smallest absolute Gasteiger partial charge is 0.104 e. The van der Waals surface area contributed by atoms with E-state index < -0.39 is 0 Å². The van der Waals surface area contributed by atoms with Crippen LogP contribution in [0.25, 0.3) is 0 Å². The molecule has 3 atom stereocenters. The highest BCUT2D eigenvalue weighted by Gasteiger charge is 2.49. The Morgan fingerprint density at radius 2 is 2.14 bits per heavy atom. The highest BCUT2D eigenvalue weighted by molar-refractivity contribution is 6.55. The predicted molar refractivity (Wildman–Crippen MR) is 91.0 cm³/mol. The topological polar surface area (TPSA) is 3.24 Å². The van der Waals surface area contributed by atoms with Crippen molar-refractivity contribution in [1.29, 1.82) is 0 Å². The Kier molecular flexibility index (Phi) is 4.36.